The first-order valence-corrected chi connectivity index (χ1v) is 6.29. The normalized spacial score (nSPS) is 11.5. The molecular weight excluding hydrogens is 242 g/mol. The van der Waals surface area contributed by atoms with Crippen molar-refractivity contribution in [2.24, 2.45) is 5.41 Å². The lowest BCUT2D eigenvalue weighted by atomic mass is 9.93. The molecule has 4 heteroatoms. The highest BCUT2D eigenvalue weighted by atomic mass is 16.5. The summed E-state index contributed by atoms with van der Waals surface area (Å²) in [6.07, 6.45) is 0. The molecule has 0 saturated heterocycles. The molecule has 0 saturated carbocycles. The molecule has 1 aromatic rings. The summed E-state index contributed by atoms with van der Waals surface area (Å²) in [4.78, 5) is 13.8. The zero-order valence-electron chi connectivity index (χ0n) is 12.4. The van der Waals surface area contributed by atoms with E-state index in [0.717, 1.165) is 17.9 Å². The van der Waals surface area contributed by atoms with Crippen LogP contribution in [0, 0.1) is 5.41 Å². The molecule has 0 aliphatic carbocycles. The van der Waals surface area contributed by atoms with Crippen molar-refractivity contribution in [1.29, 1.82) is 0 Å². The zero-order chi connectivity index (χ0) is 14.5. The van der Waals surface area contributed by atoms with Crippen LogP contribution in [0.5, 0.6) is 5.75 Å². The Kier molecular flexibility index (Phi) is 5.36. The molecule has 0 spiro atoms. The summed E-state index contributed by atoms with van der Waals surface area (Å²) in [7, 11) is 5.07. The molecule has 0 amide bonds. The SMILES string of the molecule is COC(=O)C(C)(C)CN(C)Cc1ccccc1OC. The Balaban J connectivity index is 2.70. The van der Waals surface area contributed by atoms with E-state index in [-0.39, 0.29) is 5.97 Å². The van der Waals surface area contributed by atoms with Gasteiger partial charge in [0.15, 0.2) is 0 Å². The predicted octanol–water partition coefficient (Wildman–Crippen LogP) is 2.33. The van der Waals surface area contributed by atoms with Gasteiger partial charge in [0.25, 0.3) is 0 Å². The number of hydrogen-bond acceptors (Lipinski definition) is 4. The van der Waals surface area contributed by atoms with Crippen molar-refractivity contribution in [3.63, 3.8) is 0 Å². The Hall–Kier alpha value is -1.55. The molecule has 0 heterocycles. The molecule has 4 nitrogen and oxygen atoms in total. The third kappa shape index (κ3) is 4.24. The van der Waals surface area contributed by atoms with E-state index in [1.807, 2.05) is 45.2 Å². The smallest absolute Gasteiger partial charge is 0.312 e. The Labute approximate surface area is 115 Å². The number of hydrogen-bond donors (Lipinski definition) is 0. The molecule has 1 rings (SSSR count). The van der Waals surface area contributed by atoms with E-state index in [1.165, 1.54) is 7.11 Å². The Morgan fingerprint density at radius 3 is 2.47 bits per heavy atom. The molecule has 0 aromatic heterocycles. The highest BCUT2D eigenvalue weighted by molar-refractivity contribution is 5.76. The summed E-state index contributed by atoms with van der Waals surface area (Å²) in [6, 6.07) is 7.90. The summed E-state index contributed by atoms with van der Waals surface area (Å²) >= 11 is 0. The number of nitrogens with zero attached hydrogens (tertiary/aromatic N) is 1. The summed E-state index contributed by atoms with van der Waals surface area (Å²) in [5.74, 6) is 0.671. The molecule has 0 fully saturated rings. The van der Waals surface area contributed by atoms with Crippen LogP contribution in [0.25, 0.3) is 0 Å². The molecule has 0 atom stereocenters. The van der Waals surface area contributed by atoms with Crippen LogP contribution in [0.4, 0.5) is 0 Å². The maximum Gasteiger partial charge on any atom is 0.312 e. The van der Waals surface area contributed by atoms with E-state index in [4.69, 9.17) is 9.47 Å². The number of ether oxygens (including phenoxy) is 2. The third-order valence-corrected chi connectivity index (χ3v) is 3.04. The summed E-state index contributed by atoms with van der Waals surface area (Å²) in [5.41, 5.74) is 0.582. The van der Waals surface area contributed by atoms with Crippen molar-refractivity contribution >= 4 is 5.97 Å². The molecule has 0 N–H and O–H groups in total. The number of para-hydroxylation sites is 1. The lowest BCUT2D eigenvalue weighted by molar-refractivity contribution is -0.151. The highest BCUT2D eigenvalue weighted by Gasteiger charge is 2.30. The predicted molar refractivity (Wildman–Crippen MR) is 75.1 cm³/mol. The number of carbonyl (C=O) groups excluding carboxylic acids is 1. The van der Waals surface area contributed by atoms with Crippen molar-refractivity contribution in [2.45, 2.75) is 20.4 Å². The number of benzene rings is 1. The standard InChI is InChI=1S/C15H23NO3/c1-15(2,14(17)19-5)11-16(3)10-12-8-6-7-9-13(12)18-4/h6-9H,10-11H2,1-5H3. The summed E-state index contributed by atoms with van der Waals surface area (Å²) in [5, 5.41) is 0. The van der Waals surface area contributed by atoms with Gasteiger partial charge in [0.2, 0.25) is 0 Å². The van der Waals surface area contributed by atoms with Crippen molar-refractivity contribution in [2.75, 3.05) is 27.8 Å². The van der Waals surface area contributed by atoms with Gasteiger partial charge in [-0.15, -0.1) is 0 Å². The van der Waals surface area contributed by atoms with E-state index in [9.17, 15) is 4.79 Å². The minimum atomic E-state index is -0.522. The van der Waals surface area contributed by atoms with Gasteiger partial charge in [-0.1, -0.05) is 18.2 Å². The van der Waals surface area contributed by atoms with Gasteiger partial charge in [0.05, 0.1) is 19.6 Å². The van der Waals surface area contributed by atoms with Gasteiger partial charge < -0.3 is 14.4 Å². The summed E-state index contributed by atoms with van der Waals surface area (Å²) < 4.78 is 10.1. The summed E-state index contributed by atoms with van der Waals surface area (Å²) in [6.45, 7) is 5.12. The molecule has 1 aromatic carbocycles. The average Bonchev–Trinajstić information content (AvgIpc) is 2.37. The second-order valence-electron chi connectivity index (χ2n) is 5.36. The Bertz CT molecular complexity index is 429. The van der Waals surface area contributed by atoms with Crippen LogP contribution >= 0.6 is 0 Å². The first-order valence-electron chi connectivity index (χ1n) is 6.29. The van der Waals surface area contributed by atoms with E-state index in [0.29, 0.717) is 6.54 Å². The van der Waals surface area contributed by atoms with E-state index < -0.39 is 5.41 Å². The minimum Gasteiger partial charge on any atom is -0.496 e. The Morgan fingerprint density at radius 1 is 1.26 bits per heavy atom. The number of rotatable bonds is 6. The molecule has 19 heavy (non-hydrogen) atoms. The van der Waals surface area contributed by atoms with Crippen LogP contribution < -0.4 is 4.74 Å². The molecule has 0 aliphatic heterocycles. The largest absolute Gasteiger partial charge is 0.496 e. The van der Waals surface area contributed by atoms with E-state index >= 15 is 0 Å². The molecule has 0 aliphatic rings. The quantitative estimate of drug-likeness (QED) is 0.740. The van der Waals surface area contributed by atoms with Crippen molar-refractivity contribution in [3.8, 4) is 5.75 Å². The first-order chi connectivity index (χ1) is 8.90. The molecular formula is C15H23NO3. The molecule has 106 valence electrons. The minimum absolute atomic E-state index is 0.195. The molecule has 0 radical (unpaired) electrons. The van der Waals surface area contributed by atoms with Crippen LogP contribution in [0.15, 0.2) is 24.3 Å². The van der Waals surface area contributed by atoms with Crippen LogP contribution in [0.2, 0.25) is 0 Å². The van der Waals surface area contributed by atoms with Gasteiger partial charge in [-0.05, 0) is 27.0 Å². The van der Waals surface area contributed by atoms with Crippen molar-refractivity contribution < 1.29 is 14.3 Å². The van der Waals surface area contributed by atoms with Crippen LogP contribution in [-0.2, 0) is 16.1 Å². The Morgan fingerprint density at radius 2 is 1.89 bits per heavy atom. The van der Waals surface area contributed by atoms with E-state index in [2.05, 4.69) is 4.90 Å². The van der Waals surface area contributed by atoms with Gasteiger partial charge >= 0.3 is 5.97 Å². The van der Waals surface area contributed by atoms with E-state index in [1.54, 1.807) is 7.11 Å². The fraction of sp³-hybridized carbons (Fsp3) is 0.533. The molecule has 0 bridgehead atoms. The fourth-order valence-corrected chi connectivity index (χ4v) is 2.20. The van der Waals surface area contributed by atoms with Gasteiger partial charge in [-0.2, -0.15) is 0 Å². The van der Waals surface area contributed by atoms with Crippen LogP contribution in [0.3, 0.4) is 0 Å². The average molecular weight is 265 g/mol. The lowest BCUT2D eigenvalue weighted by Gasteiger charge is -2.28. The fourth-order valence-electron chi connectivity index (χ4n) is 2.20. The number of esters is 1. The third-order valence-electron chi connectivity index (χ3n) is 3.04. The second-order valence-corrected chi connectivity index (χ2v) is 5.36. The zero-order valence-corrected chi connectivity index (χ0v) is 12.4. The molecule has 0 unspecified atom stereocenters. The first kappa shape index (κ1) is 15.5. The van der Waals surface area contributed by atoms with Gasteiger partial charge in [-0.3, -0.25) is 4.79 Å². The number of carbonyl (C=O) groups is 1. The second kappa shape index (κ2) is 6.57. The maximum absolute atomic E-state index is 11.7. The van der Waals surface area contributed by atoms with Crippen LogP contribution in [-0.4, -0.2) is 38.7 Å². The van der Waals surface area contributed by atoms with Crippen molar-refractivity contribution in [1.82, 2.24) is 4.90 Å². The topological polar surface area (TPSA) is 38.8 Å². The maximum atomic E-state index is 11.7. The highest BCUT2D eigenvalue weighted by Crippen LogP contribution is 2.22. The number of methoxy groups -OCH3 is 2. The van der Waals surface area contributed by atoms with Gasteiger partial charge in [0, 0.05) is 18.7 Å². The van der Waals surface area contributed by atoms with Crippen LogP contribution in [0.1, 0.15) is 19.4 Å². The monoisotopic (exact) mass is 265 g/mol. The van der Waals surface area contributed by atoms with Gasteiger partial charge in [0.1, 0.15) is 5.75 Å². The lowest BCUT2D eigenvalue weighted by Crippen LogP contribution is -2.37. The van der Waals surface area contributed by atoms with Gasteiger partial charge in [-0.25, -0.2) is 0 Å². The van der Waals surface area contributed by atoms with Crippen molar-refractivity contribution in [3.05, 3.63) is 29.8 Å².